The first-order valence-electron chi connectivity index (χ1n) is 11.1. The zero-order chi connectivity index (χ0) is 28.6. The van der Waals surface area contributed by atoms with Gasteiger partial charge in [0.2, 0.25) is 0 Å². The fraction of sp³-hybridized carbons (Fsp3) is 0.154. The number of rotatable bonds is 3. The maximum atomic E-state index is 13.6. The third kappa shape index (κ3) is 4.75. The molecule has 7 nitrogen and oxygen atoms in total. The van der Waals surface area contributed by atoms with Gasteiger partial charge in [0, 0.05) is 44.8 Å². The summed E-state index contributed by atoms with van der Waals surface area (Å²) in [7, 11) is 1.25. The summed E-state index contributed by atoms with van der Waals surface area (Å²) in [5.74, 6) is -1.86. The Labute approximate surface area is 248 Å². The number of halogens is 6. The van der Waals surface area contributed by atoms with Gasteiger partial charge in [-0.1, -0.05) is 0 Å². The minimum atomic E-state index is -5.15. The van der Waals surface area contributed by atoms with Gasteiger partial charge in [0.05, 0.1) is 38.4 Å². The van der Waals surface area contributed by atoms with E-state index < -0.39 is 57.2 Å². The quantitative estimate of drug-likeness (QED) is 0.288. The molecule has 14 heteroatoms. The molecule has 0 atom stereocenters. The van der Waals surface area contributed by atoms with Crippen LogP contribution in [0.5, 0.6) is 11.5 Å². The standard InChI is InChI=1S/C26H14F6N2O5.Ar/c1-11-7-18(25(27,28)29)20(19(8-11)26(30,31)32)39-13-5-3-12(4-6-13)34-23(37)16-9-14-15(10-17(16)24(34)38)22(36)33(2)21(14)35;/h3-10H,1-2H3;. The number of fused-ring (bicyclic) bond motifs is 2. The van der Waals surface area contributed by atoms with E-state index in [4.69, 9.17) is 4.74 Å². The Bertz CT molecular complexity index is 1900. The van der Waals surface area contributed by atoms with E-state index in [1.807, 2.05) is 0 Å². The number of alkyl halides is 6. The van der Waals surface area contributed by atoms with Crippen LogP contribution in [-0.4, -0.2) is 9.13 Å². The minimum absolute atomic E-state index is 0. The van der Waals surface area contributed by atoms with Gasteiger partial charge in [-0.3, -0.25) is 23.7 Å². The Morgan fingerprint density at radius 2 is 1.05 bits per heavy atom. The second-order valence-corrected chi connectivity index (χ2v) is 8.84. The molecule has 2 aromatic heterocycles. The molecule has 2 heterocycles. The van der Waals surface area contributed by atoms with Gasteiger partial charge in [-0.05, 0) is 61.0 Å². The zero-order valence-electron chi connectivity index (χ0n) is 20.2. The molecule has 0 saturated carbocycles. The second-order valence-electron chi connectivity index (χ2n) is 8.84. The van der Waals surface area contributed by atoms with E-state index in [1.165, 1.54) is 7.05 Å². The maximum absolute atomic E-state index is 13.6. The van der Waals surface area contributed by atoms with Gasteiger partial charge >= 0.3 is 12.4 Å². The molecule has 0 aliphatic heterocycles. The summed E-state index contributed by atoms with van der Waals surface area (Å²) in [5, 5.41) is -0.376. The van der Waals surface area contributed by atoms with Crippen LogP contribution in [0.15, 0.2) is 67.7 Å². The van der Waals surface area contributed by atoms with Crippen molar-refractivity contribution in [1.82, 2.24) is 9.13 Å². The topological polar surface area (TPSA) is 87.4 Å². The van der Waals surface area contributed by atoms with Gasteiger partial charge < -0.3 is 4.74 Å². The first kappa shape index (κ1) is 29.6. The van der Waals surface area contributed by atoms with E-state index >= 15 is 0 Å². The molecular formula is C26H14ArF6N2O5. The van der Waals surface area contributed by atoms with Crippen molar-refractivity contribution < 1.29 is 68.8 Å². The molecule has 3 aromatic carbocycles. The average molecular weight is 588 g/mol. The molecule has 0 aliphatic carbocycles. The van der Waals surface area contributed by atoms with Crippen LogP contribution in [-0.2, 0) is 19.4 Å². The van der Waals surface area contributed by atoms with Gasteiger partial charge in [-0.2, -0.15) is 26.3 Å². The van der Waals surface area contributed by atoms with Crippen LogP contribution >= 0.6 is 0 Å². The minimum Gasteiger partial charge on any atom is -0.456 e. The third-order valence-corrected chi connectivity index (χ3v) is 6.25. The third-order valence-electron chi connectivity index (χ3n) is 6.25. The SMILES string of the molecule is Cc1cc(C(F)(F)F)c(Oc2ccc(-n3c(=O)c4cc5c(=O)n(C)c(=O)c5cc4c3=O)cc2)c(C(F)(F)F)c1.[Ar]. The molecule has 208 valence electrons. The van der Waals surface area contributed by atoms with Gasteiger partial charge in [-0.15, -0.1) is 0 Å². The van der Waals surface area contributed by atoms with Crippen LogP contribution in [0.1, 0.15) is 16.7 Å². The molecule has 0 radical (unpaired) electrons. The van der Waals surface area contributed by atoms with Gasteiger partial charge in [0.1, 0.15) is 5.75 Å². The largest absolute Gasteiger partial charge is 0.456 e. The predicted octanol–water partition coefficient (Wildman–Crippen LogP) is 4.58. The summed E-state index contributed by atoms with van der Waals surface area (Å²) in [6.07, 6.45) is -10.3. The molecule has 40 heavy (non-hydrogen) atoms. The zero-order valence-corrected chi connectivity index (χ0v) is 20.9. The molecule has 0 unspecified atom stereocenters. The summed E-state index contributed by atoms with van der Waals surface area (Å²) in [6, 6.07) is 7.54. The fourth-order valence-corrected chi connectivity index (χ4v) is 4.41. The van der Waals surface area contributed by atoms with E-state index in [2.05, 4.69) is 0 Å². The van der Waals surface area contributed by atoms with Crippen LogP contribution in [0, 0.1) is 44.7 Å². The number of aryl methyl sites for hydroxylation is 1. The Hall–Kier alpha value is -3.42. The molecule has 0 aliphatic rings. The Morgan fingerprint density at radius 3 is 1.45 bits per heavy atom. The Balaban J connectivity index is 0.00000370. The fourth-order valence-electron chi connectivity index (χ4n) is 4.41. The van der Waals surface area contributed by atoms with E-state index in [-0.39, 0.29) is 70.5 Å². The summed E-state index contributed by atoms with van der Waals surface area (Å²) >= 11 is 0. The number of hydrogen-bond donors (Lipinski definition) is 0. The van der Waals surface area contributed by atoms with Crippen LogP contribution in [0.3, 0.4) is 0 Å². The number of ether oxygens (including phenoxy) is 1. The predicted molar refractivity (Wildman–Crippen MR) is 128 cm³/mol. The van der Waals surface area contributed by atoms with Gasteiger partial charge in [0.15, 0.2) is 5.75 Å². The average Bonchev–Trinajstić information content (AvgIpc) is 3.22. The summed E-state index contributed by atoms with van der Waals surface area (Å²) < 4.78 is 88.0. The normalized spacial score (nSPS) is 12.2. The molecule has 0 N–H and O–H groups in total. The van der Waals surface area contributed by atoms with Crippen molar-refractivity contribution in [2.45, 2.75) is 19.3 Å². The van der Waals surface area contributed by atoms with E-state index in [0.29, 0.717) is 16.7 Å². The van der Waals surface area contributed by atoms with Crippen molar-refractivity contribution in [3.63, 3.8) is 0 Å². The first-order valence-corrected chi connectivity index (χ1v) is 11.1. The first-order chi connectivity index (χ1) is 18.1. The maximum Gasteiger partial charge on any atom is 0.420 e. The second kappa shape index (κ2) is 9.89. The van der Waals surface area contributed by atoms with Crippen LogP contribution in [0.2, 0.25) is 0 Å². The van der Waals surface area contributed by atoms with E-state index in [1.54, 1.807) is 0 Å². The van der Waals surface area contributed by atoms with E-state index in [0.717, 1.165) is 47.9 Å². The van der Waals surface area contributed by atoms with Crippen molar-refractivity contribution >= 4 is 21.5 Å². The number of benzene rings is 3. The molecule has 5 aromatic rings. The van der Waals surface area contributed by atoms with E-state index in [9.17, 15) is 45.5 Å². The van der Waals surface area contributed by atoms with Gasteiger partial charge in [0.25, 0.3) is 22.2 Å². The van der Waals surface area contributed by atoms with Crippen molar-refractivity contribution in [1.29, 1.82) is 0 Å². The molecule has 0 bridgehead atoms. The van der Waals surface area contributed by atoms with Crippen LogP contribution in [0.4, 0.5) is 26.3 Å². The van der Waals surface area contributed by atoms with Crippen molar-refractivity contribution in [3.05, 3.63) is 107 Å². The molecule has 0 amide bonds. The van der Waals surface area contributed by atoms with Crippen molar-refractivity contribution in [3.8, 4) is 17.2 Å². The van der Waals surface area contributed by atoms with Crippen molar-refractivity contribution in [2.75, 3.05) is 0 Å². The molecular weight excluding hydrogens is 574 g/mol. The molecule has 0 saturated heterocycles. The van der Waals surface area contributed by atoms with Crippen LogP contribution < -0.4 is 27.0 Å². The Kier molecular flexibility index (Phi) is 7.31. The number of aromatic nitrogens is 2. The molecule has 5 rings (SSSR count). The molecule has 0 fully saturated rings. The summed E-state index contributed by atoms with van der Waals surface area (Å²) in [6.45, 7) is 1.09. The number of nitrogens with zero attached hydrogens (tertiary/aromatic N) is 2. The van der Waals surface area contributed by atoms with Crippen LogP contribution in [0.25, 0.3) is 27.2 Å². The van der Waals surface area contributed by atoms with Gasteiger partial charge in [-0.25, -0.2) is 4.57 Å². The number of hydrogen-bond acceptors (Lipinski definition) is 5. The molecule has 0 spiro atoms. The van der Waals surface area contributed by atoms with Crippen molar-refractivity contribution in [2.24, 2.45) is 7.05 Å². The smallest absolute Gasteiger partial charge is 0.420 e. The summed E-state index contributed by atoms with van der Waals surface area (Å²) in [5.41, 5.74) is -6.55. The Morgan fingerprint density at radius 1 is 0.650 bits per heavy atom. The summed E-state index contributed by atoms with van der Waals surface area (Å²) in [4.78, 5) is 50.5. The monoisotopic (exact) mass is 588 g/mol.